The highest BCUT2D eigenvalue weighted by molar-refractivity contribution is 7.15. The van der Waals surface area contributed by atoms with Crippen LogP contribution in [0.5, 0.6) is 0 Å². The molecule has 4 aromatic rings. The molecular formula is C23H21ClN4O2S. The molecule has 0 aliphatic carbocycles. The van der Waals surface area contributed by atoms with Crippen molar-refractivity contribution in [3.05, 3.63) is 85.7 Å². The number of hydrogen-bond donors (Lipinski definition) is 1. The van der Waals surface area contributed by atoms with Crippen molar-refractivity contribution < 1.29 is 4.79 Å². The number of fused-ring (bicyclic) bond motifs is 1. The Labute approximate surface area is 188 Å². The van der Waals surface area contributed by atoms with Gasteiger partial charge in [-0.1, -0.05) is 48.0 Å². The van der Waals surface area contributed by atoms with Crippen LogP contribution in [0.2, 0.25) is 5.02 Å². The summed E-state index contributed by atoms with van der Waals surface area (Å²) in [7, 11) is 0. The third-order valence-electron chi connectivity index (χ3n) is 4.94. The summed E-state index contributed by atoms with van der Waals surface area (Å²) in [6, 6.07) is 12.8. The molecule has 0 aliphatic heterocycles. The fourth-order valence-electron chi connectivity index (χ4n) is 3.36. The predicted molar refractivity (Wildman–Crippen MR) is 125 cm³/mol. The van der Waals surface area contributed by atoms with Gasteiger partial charge in [0, 0.05) is 27.9 Å². The van der Waals surface area contributed by atoms with Gasteiger partial charge in [0.15, 0.2) is 10.8 Å². The number of amides is 1. The molecule has 1 N–H and O–H groups in total. The Morgan fingerprint density at radius 1 is 1.16 bits per heavy atom. The van der Waals surface area contributed by atoms with Crippen LogP contribution in [0.3, 0.4) is 0 Å². The third-order valence-corrected chi connectivity index (χ3v) is 6.40. The van der Waals surface area contributed by atoms with Crippen molar-refractivity contribution in [2.45, 2.75) is 33.2 Å². The average Bonchev–Trinajstić information content (AvgIpc) is 3.18. The van der Waals surface area contributed by atoms with E-state index in [-0.39, 0.29) is 17.3 Å². The average molecular weight is 453 g/mol. The van der Waals surface area contributed by atoms with Gasteiger partial charge < -0.3 is 0 Å². The van der Waals surface area contributed by atoms with Crippen LogP contribution in [0.1, 0.15) is 46.4 Å². The summed E-state index contributed by atoms with van der Waals surface area (Å²) in [5.41, 5.74) is 2.02. The van der Waals surface area contributed by atoms with Crippen molar-refractivity contribution in [1.29, 1.82) is 0 Å². The van der Waals surface area contributed by atoms with Crippen molar-refractivity contribution in [3.8, 4) is 0 Å². The molecule has 4 rings (SSSR count). The summed E-state index contributed by atoms with van der Waals surface area (Å²) >= 11 is 7.79. The molecule has 0 aliphatic rings. The van der Waals surface area contributed by atoms with Gasteiger partial charge >= 0.3 is 0 Å². The molecule has 6 nitrogen and oxygen atoms in total. The lowest BCUT2D eigenvalue weighted by molar-refractivity contribution is 0.102. The second-order valence-corrected chi connectivity index (χ2v) is 9.04. The van der Waals surface area contributed by atoms with Crippen LogP contribution in [0.15, 0.2) is 53.5 Å². The molecule has 0 spiro atoms. The van der Waals surface area contributed by atoms with E-state index in [2.05, 4.69) is 15.4 Å². The van der Waals surface area contributed by atoms with Crippen molar-refractivity contribution >= 4 is 44.7 Å². The molecule has 2 aromatic carbocycles. The van der Waals surface area contributed by atoms with Crippen molar-refractivity contribution in [3.63, 3.8) is 0 Å². The number of nitrogens with one attached hydrogen (secondary N) is 1. The topological polar surface area (TPSA) is 76.9 Å². The zero-order chi connectivity index (χ0) is 22.1. The van der Waals surface area contributed by atoms with E-state index >= 15 is 0 Å². The minimum atomic E-state index is -0.403. The second-order valence-electron chi connectivity index (χ2n) is 7.55. The number of thiazole rings is 1. The highest BCUT2D eigenvalue weighted by atomic mass is 35.5. The van der Waals surface area contributed by atoms with Crippen LogP contribution in [0.25, 0.3) is 10.8 Å². The summed E-state index contributed by atoms with van der Waals surface area (Å²) in [5, 5.41) is 9.36. The zero-order valence-electron chi connectivity index (χ0n) is 17.3. The molecular weight excluding hydrogens is 432 g/mol. The van der Waals surface area contributed by atoms with Crippen LogP contribution in [0.4, 0.5) is 5.13 Å². The smallest absolute Gasteiger partial charge is 0.278 e. The van der Waals surface area contributed by atoms with Crippen LogP contribution in [-0.2, 0) is 6.42 Å². The Hall–Kier alpha value is -3.03. The first-order valence-electron chi connectivity index (χ1n) is 9.86. The molecule has 2 heterocycles. The van der Waals surface area contributed by atoms with Crippen molar-refractivity contribution in [1.82, 2.24) is 14.8 Å². The summed E-state index contributed by atoms with van der Waals surface area (Å²) in [4.78, 5) is 31.0. The minimum absolute atomic E-state index is 0.172. The van der Waals surface area contributed by atoms with E-state index in [9.17, 15) is 9.59 Å². The quantitative estimate of drug-likeness (QED) is 0.449. The number of anilines is 1. The van der Waals surface area contributed by atoms with Crippen LogP contribution in [0, 0.1) is 6.92 Å². The van der Waals surface area contributed by atoms with E-state index in [1.807, 2.05) is 39.0 Å². The number of benzene rings is 2. The molecule has 158 valence electrons. The molecule has 0 saturated heterocycles. The number of nitrogens with zero attached hydrogens (tertiary/aromatic N) is 3. The summed E-state index contributed by atoms with van der Waals surface area (Å²) in [6.07, 6.45) is 2.37. The standard InChI is InChI=1S/C23H21ClN4O2S/c1-13(2)28-22(30)18-10-5-4-9-17(18)20(27-28)21(29)26-23-25-12-16(31-23)11-15-8-6-7-14(3)19(15)24/h4-10,12-13H,11H2,1-3H3,(H,25,26,29). The molecule has 1 amide bonds. The van der Waals surface area contributed by atoms with Crippen molar-refractivity contribution in [2.75, 3.05) is 5.32 Å². The first-order valence-corrected chi connectivity index (χ1v) is 11.1. The Kier molecular flexibility index (Phi) is 5.89. The number of aryl methyl sites for hydroxylation is 1. The third kappa shape index (κ3) is 4.24. The number of carbonyl (C=O) groups excluding carboxylic acids is 1. The van der Waals surface area contributed by atoms with Gasteiger partial charge in [-0.2, -0.15) is 5.10 Å². The fraction of sp³-hybridized carbons (Fsp3) is 0.217. The van der Waals surface area contributed by atoms with E-state index in [1.54, 1.807) is 30.5 Å². The Morgan fingerprint density at radius 2 is 1.90 bits per heavy atom. The maximum Gasteiger partial charge on any atom is 0.278 e. The van der Waals surface area contributed by atoms with E-state index in [1.165, 1.54) is 16.0 Å². The lowest BCUT2D eigenvalue weighted by atomic mass is 10.1. The number of aromatic nitrogens is 3. The normalized spacial score (nSPS) is 11.3. The first-order chi connectivity index (χ1) is 14.8. The largest absolute Gasteiger partial charge is 0.296 e. The van der Waals surface area contributed by atoms with E-state index in [0.717, 1.165) is 21.0 Å². The highest BCUT2D eigenvalue weighted by Gasteiger charge is 2.19. The SMILES string of the molecule is Cc1cccc(Cc2cnc(NC(=O)c3nn(C(C)C)c(=O)c4ccccc34)s2)c1Cl. The monoisotopic (exact) mass is 452 g/mol. The van der Waals surface area contributed by atoms with Gasteiger partial charge in [-0.15, -0.1) is 11.3 Å². The van der Waals surface area contributed by atoms with E-state index in [4.69, 9.17) is 11.6 Å². The number of rotatable bonds is 5. The molecule has 0 fully saturated rings. The molecule has 0 radical (unpaired) electrons. The minimum Gasteiger partial charge on any atom is -0.296 e. The van der Waals surface area contributed by atoms with Gasteiger partial charge in [0.05, 0.1) is 11.4 Å². The lowest BCUT2D eigenvalue weighted by Gasteiger charge is -2.12. The maximum absolute atomic E-state index is 13.0. The van der Waals surface area contributed by atoms with Crippen LogP contribution < -0.4 is 10.9 Å². The molecule has 0 atom stereocenters. The number of carbonyl (C=O) groups is 1. The zero-order valence-corrected chi connectivity index (χ0v) is 18.9. The molecule has 0 saturated carbocycles. The van der Waals surface area contributed by atoms with Gasteiger partial charge in [0.25, 0.3) is 11.5 Å². The Bertz CT molecular complexity index is 1340. The first kappa shape index (κ1) is 21.2. The lowest BCUT2D eigenvalue weighted by Crippen LogP contribution is -2.28. The highest BCUT2D eigenvalue weighted by Crippen LogP contribution is 2.27. The fourth-order valence-corrected chi connectivity index (χ4v) is 4.38. The van der Waals surface area contributed by atoms with Gasteiger partial charge in [0.1, 0.15) is 0 Å². The number of hydrogen-bond acceptors (Lipinski definition) is 5. The summed E-state index contributed by atoms with van der Waals surface area (Å²) in [5.74, 6) is -0.403. The number of halogens is 1. The molecule has 2 aromatic heterocycles. The summed E-state index contributed by atoms with van der Waals surface area (Å²) < 4.78 is 1.34. The Morgan fingerprint density at radius 3 is 2.65 bits per heavy atom. The van der Waals surface area contributed by atoms with Crippen LogP contribution in [-0.4, -0.2) is 20.7 Å². The van der Waals surface area contributed by atoms with E-state index in [0.29, 0.717) is 22.3 Å². The van der Waals surface area contributed by atoms with Crippen molar-refractivity contribution in [2.24, 2.45) is 0 Å². The molecule has 31 heavy (non-hydrogen) atoms. The van der Waals surface area contributed by atoms with Gasteiger partial charge in [-0.05, 0) is 38.0 Å². The Balaban J connectivity index is 1.62. The van der Waals surface area contributed by atoms with Crippen LogP contribution >= 0.6 is 22.9 Å². The predicted octanol–water partition coefficient (Wildman–Crippen LogP) is 5.24. The second kappa shape index (κ2) is 8.61. The van der Waals surface area contributed by atoms with Gasteiger partial charge in [-0.3, -0.25) is 14.9 Å². The molecule has 0 bridgehead atoms. The maximum atomic E-state index is 13.0. The van der Waals surface area contributed by atoms with Gasteiger partial charge in [0.2, 0.25) is 0 Å². The molecule has 8 heteroatoms. The summed E-state index contributed by atoms with van der Waals surface area (Å²) in [6.45, 7) is 5.68. The van der Waals surface area contributed by atoms with E-state index < -0.39 is 5.91 Å². The van der Waals surface area contributed by atoms with Gasteiger partial charge in [-0.25, -0.2) is 9.67 Å². The molecule has 0 unspecified atom stereocenters.